The van der Waals surface area contributed by atoms with E-state index in [4.69, 9.17) is 10.5 Å². The summed E-state index contributed by atoms with van der Waals surface area (Å²) in [6.45, 7) is 0.309. The van der Waals surface area contributed by atoms with Crippen LogP contribution in [0.5, 0.6) is 5.75 Å². The van der Waals surface area contributed by atoms with E-state index in [1.165, 1.54) is 29.4 Å². The molecular weight excluding hydrogens is 377 g/mol. The Morgan fingerprint density at radius 1 is 1.45 bits per heavy atom. The largest absolute Gasteiger partial charge is 0.488 e. The Morgan fingerprint density at radius 3 is 3.00 bits per heavy atom. The first-order valence-electron chi connectivity index (χ1n) is 9.44. The maximum Gasteiger partial charge on any atom is 0.263 e. The Kier molecular flexibility index (Phi) is 4.09. The first-order chi connectivity index (χ1) is 14.1. The number of halogens is 1. The van der Waals surface area contributed by atoms with Gasteiger partial charge in [-0.15, -0.1) is 5.10 Å². The normalized spacial score (nSPS) is 22.9. The van der Waals surface area contributed by atoms with E-state index in [0.29, 0.717) is 11.4 Å². The number of anilines is 2. The first kappa shape index (κ1) is 17.8. The lowest BCUT2D eigenvalue weighted by atomic mass is 9.68. The third-order valence-electron chi connectivity index (χ3n) is 5.60. The second-order valence-electron chi connectivity index (χ2n) is 7.51. The average molecular weight is 397 g/mol. The maximum absolute atomic E-state index is 13.0. The zero-order valence-corrected chi connectivity index (χ0v) is 15.6. The lowest BCUT2D eigenvalue weighted by molar-refractivity contribution is -0.0183. The highest BCUT2D eigenvalue weighted by Crippen LogP contribution is 2.42. The molecule has 1 saturated heterocycles. The van der Waals surface area contributed by atoms with Gasteiger partial charge in [-0.05, 0) is 19.0 Å². The Hall–Kier alpha value is -3.27. The molecule has 1 saturated carbocycles. The number of pyridine rings is 1. The standard InChI is InChI=1S/C19H20FN7O2/c20-9-11-2-6-27-17(24-11)15(16(21)26-27)18(28)25-13-10-22-4-1-14(13)29-12-7-19(8-12)3-5-23-19/h1-2,4,6,10,12,23H,3,5,7-9H2,(H2,21,26)(H,25,28). The van der Waals surface area contributed by atoms with Crippen molar-refractivity contribution in [3.05, 3.63) is 42.0 Å². The van der Waals surface area contributed by atoms with Gasteiger partial charge in [-0.3, -0.25) is 9.78 Å². The summed E-state index contributed by atoms with van der Waals surface area (Å²) >= 11 is 0. The zero-order valence-electron chi connectivity index (χ0n) is 15.6. The highest BCUT2D eigenvalue weighted by Gasteiger charge is 2.49. The molecule has 9 nitrogen and oxygen atoms in total. The van der Waals surface area contributed by atoms with Crippen LogP contribution in [0.3, 0.4) is 0 Å². The molecule has 1 spiro atoms. The summed E-state index contributed by atoms with van der Waals surface area (Å²) in [6.07, 6.45) is 7.81. The molecule has 150 valence electrons. The lowest BCUT2D eigenvalue weighted by Crippen LogP contribution is -2.67. The summed E-state index contributed by atoms with van der Waals surface area (Å²) in [5.41, 5.74) is 7.06. The molecule has 0 aromatic carbocycles. The van der Waals surface area contributed by atoms with Crippen molar-refractivity contribution in [3.63, 3.8) is 0 Å². The van der Waals surface area contributed by atoms with Crippen molar-refractivity contribution in [2.75, 3.05) is 17.6 Å². The maximum atomic E-state index is 13.0. The number of ether oxygens (including phenoxy) is 1. The third kappa shape index (κ3) is 3.05. The Balaban J connectivity index is 1.37. The monoisotopic (exact) mass is 397 g/mol. The number of aromatic nitrogens is 4. The minimum absolute atomic E-state index is 0.00867. The van der Waals surface area contributed by atoms with Gasteiger partial charge >= 0.3 is 0 Å². The van der Waals surface area contributed by atoms with Crippen molar-refractivity contribution in [1.82, 2.24) is 24.9 Å². The number of nitrogens with two attached hydrogens (primary N) is 1. The van der Waals surface area contributed by atoms with Crippen LogP contribution in [0.4, 0.5) is 15.9 Å². The van der Waals surface area contributed by atoms with Gasteiger partial charge in [-0.1, -0.05) is 0 Å². The van der Waals surface area contributed by atoms with E-state index in [2.05, 4.69) is 25.7 Å². The number of hydrogen-bond donors (Lipinski definition) is 3. The van der Waals surface area contributed by atoms with Crippen molar-refractivity contribution in [3.8, 4) is 5.75 Å². The molecule has 1 aliphatic heterocycles. The van der Waals surface area contributed by atoms with Gasteiger partial charge in [0.1, 0.15) is 29.8 Å². The Bertz CT molecular complexity index is 1090. The summed E-state index contributed by atoms with van der Waals surface area (Å²) in [6, 6.07) is 3.20. The second-order valence-corrected chi connectivity index (χ2v) is 7.51. The zero-order chi connectivity index (χ0) is 20.0. The van der Waals surface area contributed by atoms with E-state index in [0.717, 1.165) is 19.4 Å². The summed E-state index contributed by atoms with van der Waals surface area (Å²) in [5, 5.41) is 10.3. The van der Waals surface area contributed by atoms with E-state index in [1.54, 1.807) is 12.3 Å². The molecule has 5 rings (SSSR count). The quantitative estimate of drug-likeness (QED) is 0.599. The topological polar surface area (TPSA) is 119 Å². The molecule has 0 unspecified atom stereocenters. The van der Waals surface area contributed by atoms with Crippen LogP contribution >= 0.6 is 0 Å². The van der Waals surface area contributed by atoms with Crippen molar-refractivity contribution in [2.24, 2.45) is 0 Å². The van der Waals surface area contributed by atoms with Crippen molar-refractivity contribution in [1.29, 1.82) is 0 Å². The highest BCUT2D eigenvalue weighted by molar-refractivity contribution is 6.12. The van der Waals surface area contributed by atoms with Crippen LogP contribution in [-0.4, -0.2) is 43.7 Å². The molecule has 2 fully saturated rings. The van der Waals surface area contributed by atoms with Crippen molar-refractivity contribution in [2.45, 2.75) is 37.6 Å². The average Bonchev–Trinajstić information content (AvgIpc) is 2.98. The molecule has 0 atom stereocenters. The molecule has 3 aromatic rings. The first-order valence-corrected chi connectivity index (χ1v) is 9.44. The van der Waals surface area contributed by atoms with E-state index in [-0.39, 0.29) is 34.4 Å². The van der Waals surface area contributed by atoms with Crippen LogP contribution in [-0.2, 0) is 6.67 Å². The summed E-state index contributed by atoms with van der Waals surface area (Å²) in [5.74, 6) is 0.0407. The van der Waals surface area contributed by atoms with E-state index < -0.39 is 12.6 Å². The SMILES string of the molecule is Nc1nn2ccc(CF)nc2c1C(=O)Nc1cnccc1OC1CC2(CCN2)C1. The number of rotatable bonds is 5. The second kappa shape index (κ2) is 6.66. The van der Waals surface area contributed by atoms with Crippen LogP contribution in [0.1, 0.15) is 35.3 Å². The van der Waals surface area contributed by atoms with Gasteiger partial charge < -0.3 is 21.1 Å². The van der Waals surface area contributed by atoms with Crippen molar-refractivity contribution < 1.29 is 13.9 Å². The molecule has 1 aliphatic carbocycles. The van der Waals surface area contributed by atoms with Crippen LogP contribution in [0.25, 0.3) is 5.65 Å². The predicted octanol–water partition coefficient (Wildman–Crippen LogP) is 1.70. The predicted molar refractivity (Wildman–Crippen MR) is 103 cm³/mol. The van der Waals surface area contributed by atoms with Gasteiger partial charge in [0.15, 0.2) is 11.5 Å². The fraction of sp³-hybridized carbons (Fsp3) is 0.368. The number of nitrogen functional groups attached to an aromatic ring is 1. The number of alkyl halides is 1. The highest BCUT2D eigenvalue weighted by atomic mass is 19.1. The molecule has 0 bridgehead atoms. The number of nitrogens with one attached hydrogen (secondary N) is 2. The molecule has 4 N–H and O–H groups in total. The number of amides is 1. The Morgan fingerprint density at radius 2 is 2.28 bits per heavy atom. The molecule has 2 aliphatic rings. The number of carbonyl (C=O) groups is 1. The number of carbonyl (C=O) groups excluding carboxylic acids is 1. The molecule has 3 aromatic heterocycles. The molecule has 4 heterocycles. The summed E-state index contributed by atoms with van der Waals surface area (Å²) in [7, 11) is 0. The van der Waals surface area contributed by atoms with Gasteiger partial charge in [0.05, 0.1) is 11.9 Å². The Labute approximate surface area is 165 Å². The number of hydrogen-bond acceptors (Lipinski definition) is 7. The van der Waals surface area contributed by atoms with Gasteiger partial charge in [-0.25, -0.2) is 13.9 Å². The van der Waals surface area contributed by atoms with E-state index in [9.17, 15) is 9.18 Å². The molecule has 0 radical (unpaired) electrons. The number of fused-ring (bicyclic) bond motifs is 1. The number of nitrogens with zero attached hydrogens (tertiary/aromatic N) is 4. The summed E-state index contributed by atoms with van der Waals surface area (Å²) in [4.78, 5) is 21.1. The fourth-order valence-corrected chi connectivity index (χ4v) is 3.94. The van der Waals surface area contributed by atoms with Crippen LogP contribution in [0, 0.1) is 0 Å². The van der Waals surface area contributed by atoms with Crippen LogP contribution < -0.4 is 21.1 Å². The third-order valence-corrected chi connectivity index (χ3v) is 5.60. The van der Waals surface area contributed by atoms with Crippen LogP contribution in [0.2, 0.25) is 0 Å². The van der Waals surface area contributed by atoms with Gasteiger partial charge in [0, 0.05) is 36.8 Å². The smallest absolute Gasteiger partial charge is 0.263 e. The van der Waals surface area contributed by atoms with Crippen LogP contribution in [0.15, 0.2) is 30.7 Å². The van der Waals surface area contributed by atoms with Gasteiger partial charge in [-0.2, -0.15) is 0 Å². The van der Waals surface area contributed by atoms with E-state index in [1.807, 2.05) is 0 Å². The molecule has 10 heteroatoms. The van der Waals surface area contributed by atoms with E-state index >= 15 is 0 Å². The van der Waals surface area contributed by atoms with Gasteiger partial charge in [0.2, 0.25) is 0 Å². The fourth-order valence-electron chi connectivity index (χ4n) is 3.94. The lowest BCUT2D eigenvalue weighted by Gasteiger charge is -2.54. The molecular formula is C19H20FN7O2. The molecule has 1 amide bonds. The molecule has 29 heavy (non-hydrogen) atoms. The minimum atomic E-state index is -0.749. The van der Waals surface area contributed by atoms with Crippen molar-refractivity contribution >= 4 is 23.1 Å². The van der Waals surface area contributed by atoms with Gasteiger partial charge in [0.25, 0.3) is 5.91 Å². The summed E-state index contributed by atoms with van der Waals surface area (Å²) < 4.78 is 20.4. The minimum Gasteiger partial charge on any atom is -0.488 e.